The van der Waals surface area contributed by atoms with E-state index in [0.717, 1.165) is 56.6 Å². The van der Waals surface area contributed by atoms with Crippen molar-refractivity contribution >= 4 is 35.8 Å². The molecule has 2 aliphatic rings. The summed E-state index contributed by atoms with van der Waals surface area (Å²) in [4.78, 5) is 14.2. The van der Waals surface area contributed by atoms with Crippen molar-refractivity contribution in [1.29, 1.82) is 0 Å². The summed E-state index contributed by atoms with van der Waals surface area (Å²) in [6, 6.07) is 15.2. The van der Waals surface area contributed by atoms with Crippen molar-refractivity contribution < 1.29 is 0 Å². The Morgan fingerprint density at radius 1 is 1.03 bits per heavy atom. The SMILES string of the molecule is CCNC(=NCc1ccc(N2CCN(C)CC2)nc1)NCC1(c2ccccc2)CCC1.I. The van der Waals surface area contributed by atoms with Crippen LogP contribution in [0.1, 0.15) is 37.3 Å². The third-order valence-corrected chi connectivity index (χ3v) is 6.69. The van der Waals surface area contributed by atoms with Gasteiger partial charge in [0.1, 0.15) is 5.82 Å². The molecule has 1 saturated carbocycles. The monoisotopic (exact) mass is 548 g/mol. The molecule has 0 amide bonds. The lowest BCUT2D eigenvalue weighted by Gasteiger charge is -2.43. The Balaban J connectivity index is 0.00000289. The number of nitrogens with one attached hydrogen (secondary N) is 2. The number of aliphatic imine (C=N–C) groups is 1. The third-order valence-electron chi connectivity index (χ3n) is 6.69. The molecule has 1 aromatic heterocycles. The molecule has 1 saturated heterocycles. The number of benzene rings is 1. The van der Waals surface area contributed by atoms with Gasteiger partial charge in [0.25, 0.3) is 0 Å². The molecular weight excluding hydrogens is 511 g/mol. The number of piperazine rings is 1. The Morgan fingerprint density at radius 2 is 1.78 bits per heavy atom. The van der Waals surface area contributed by atoms with Crippen LogP contribution in [0.25, 0.3) is 0 Å². The van der Waals surface area contributed by atoms with E-state index >= 15 is 0 Å². The molecule has 2 aromatic rings. The molecule has 0 radical (unpaired) electrons. The number of nitrogens with zero attached hydrogens (tertiary/aromatic N) is 4. The summed E-state index contributed by atoms with van der Waals surface area (Å²) in [7, 11) is 2.18. The minimum absolute atomic E-state index is 0. The molecule has 0 unspecified atom stereocenters. The summed E-state index contributed by atoms with van der Waals surface area (Å²) in [6.45, 7) is 8.78. The molecule has 2 fully saturated rings. The summed E-state index contributed by atoms with van der Waals surface area (Å²) in [5.74, 6) is 1.95. The van der Waals surface area contributed by atoms with Gasteiger partial charge in [0.05, 0.1) is 6.54 Å². The average Bonchev–Trinajstić information content (AvgIpc) is 2.78. The van der Waals surface area contributed by atoms with Crippen molar-refractivity contribution in [2.45, 2.75) is 38.1 Å². The van der Waals surface area contributed by atoms with Gasteiger partial charge in [-0.25, -0.2) is 9.98 Å². The highest BCUT2D eigenvalue weighted by Gasteiger charge is 2.38. The summed E-state index contributed by atoms with van der Waals surface area (Å²) >= 11 is 0. The van der Waals surface area contributed by atoms with Crippen molar-refractivity contribution in [2.75, 3.05) is 51.2 Å². The van der Waals surface area contributed by atoms with Crippen LogP contribution in [-0.2, 0) is 12.0 Å². The Labute approximate surface area is 209 Å². The predicted molar refractivity (Wildman–Crippen MR) is 144 cm³/mol. The maximum atomic E-state index is 4.83. The number of hydrogen-bond acceptors (Lipinski definition) is 4. The van der Waals surface area contributed by atoms with E-state index in [1.54, 1.807) is 0 Å². The molecule has 2 N–H and O–H groups in total. The quantitative estimate of drug-likeness (QED) is 0.315. The first-order valence-corrected chi connectivity index (χ1v) is 11.6. The molecule has 32 heavy (non-hydrogen) atoms. The molecule has 1 aliphatic heterocycles. The second-order valence-corrected chi connectivity index (χ2v) is 8.86. The zero-order valence-corrected chi connectivity index (χ0v) is 21.7. The van der Waals surface area contributed by atoms with Crippen LogP contribution in [0.5, 0.6) is 0 Å². The van der Waals surface area contributed by atoms with Crippen molar-refractivity contribution in [3.63, 3.8) is 0 Å². The second kappa shape index (κ2) is 11.8. The maximum Gasteiger partial charge on any atom is 0.191 e. The van der Waals surface area contributed by atoms with Crippen LogP contribution >= 0.6 is 24.0 Å². The van der Waals surface area contributed by atoms with Crippen LogP contribution in [0, 0.1) is 0 Å². The van der Waals surface area contributed by atoms with Gasteiger partial charge >= 0.3 is 0 Å². The Morgan fingerprint density at radius 3 is 2.38 bits per heavy atom. The number of likely N-dealkylation sites (N-methyl/N-ethyl adjacent to an activating group) is 1. The number of anilines is 1. The molecule has 4 rings (SSSR count). The van der Waals surface area contributed by atoms with E-state index in [2.05, 4.69) is 76.9 Å². The van der Waals surface area contributed by atoms with Crippen molar-refractivity contribution in [1.82, 2.24) is 20.5 Å². The standard InChI is InChI=1S/C25H36N6.HI/c1-3-26-24(29-20-25(12-7-13-25)22-8-5-4-6-9-22)28-19-21-10-11-23(27-18-21)31-16-14-30(2)15-17-31;/h4-6,8-11,18H,3,7,12-17,19-20H2,1-2H3,(H2,26,28,29);1H. The average molecular weight is 549 g/mol. The summed E-state index contributed by atoms with van der Waals surface area (Å²) in [5.41, 5.74) is 2.81. The highest BCUT2D eigenvalue weighted by molar-refractivity contribution is 14.0. The van der Waals surface area contributed by atoms with Gasteiger partial charge in [0, 0.05) is 50.9 Å². The number of guanidine groups is 1. The van der Waals surface area contributed by atoms with Gasteiger partial charge in [-0.1, -0.05) is 42.8 Å². The highest BCUT2D eigenvalue weighted by atomic mass is 127. The first kappa shape index (κ1) is 24.8. The highest BCUT2D eigenvalue weighted by Crippen LogP contribution is 2.43. The molecule has 2 heterocycles. The van der Waals surface area contributed by atoms with Crippen molar-refractivity contribution in [2.24, 2.45) is 4.99 Å². The minimum Gasteiger partial charge on any atom is -0.357 e. The van der Waals surface area contributed by atoms with Crippen LogP contribution < -0.4 is 15.5 Å². The molecule has 7 heteroatoms. The topological polar surface area (TPSA) is 55.8 Å². The van der Waals surface area contributed by atoms with Crippen molar-refractivity contribution in [3.8, 4) is 0 Å². The first-order valence-electron chi connectivity index (χ1n) is 11.6. The van der Waals surface area contributed by atoms with E-state index in [1.807, 2.05) is 6.20 Å². The van der Waals surface area contributed by atoms with Gasteiger partial charge in [-0.2, -0.15) is 0 Å². The largest absolute Gasteiger partial charge is 0.357 e. The van der Waals surface area contributed by atoms with Gasteiger partial charge < -0.3 is 20.4 Å². The number of aromatic nitrogens is 1. The molecule has 1 aromatic carbocycles. The van der Waals surface area contributed by atoms with Gasteiger partial charge in [0.2, 0.25) is 0 Å². The van der Waals surface area contributed by atoms with E-state index in [9.17, 15) is 0 Å². The second-order valence-electron chi connectivity index (χ2n) is 8.86. The normalized spacial score (nSPS) is 18.4. The van der Waals surface area contributed by atoms with E-state index in [4.69, 9.17) is 9.98 Å². The van der Waals surface area contributed by atoms with Crippen LogP contribution in [0.2, 0.25) is 0 Å². The fourth-order valence-electron chi connectivity index (χ4n) is 4.46. The fourth-order valence-corrected chi connectivity index (χ4v) is 4.46. The van der Waals surface area contributed by atoms with Crippen LogP contribution in [0.3, 0.4) is 0 Å². The molecule has 0 atom stereocenters. The predicted octanol–water partition coefficient (Wildman–Crippen LogP) is 3.63. The third kappa shape index (κ3) is 6.13. The Hall–Kier alpha value is -1.87. The molecular formula is C25H37IN6. The molecule has 174 valence electrons. The van der Waals surface area contributed by atoms with Crippen LogP contribution in [0.4, 0.5) is 5.82 Å². The molecule has 6 nitrogen and oxygen atoms in total. The Kier molecular flexibility index (Phi) is 9.16. The number of rotatable bonds is 7. The minimum atomic E-state index is 0. The summed E-state index contributed by atoms with van der Waals surface area (Å²) in [5, 5.41) is 7.00. The lowest BCUT2D eigenvalue weighted by Crippen LogP contribution is -2.48. The molecule has 1 aliphatic carbocycles. The van der Waals surface area contributed by atoms with Crippen LogP contribution in [0.15, 0.2) is 53.7 Å². The van der Waals surface area contributed by atoms with E-state index < -0.39 is 0 Å². The maximum absolute atomic E-state index is 4.83. The molecule has 0 spiro atoms. The first-order chi connectivity index (χ1) is 15.2. The Bertz CT molecular complexity index is 842. The molecule has 0 bridgehead atoms. The number of pyridine rings is 1. The van der Waals surface area contributed by atoms with E-state index in [1.165, 1.54) is 24.8 Å². The smallest absolute Gasteiger partial charge is 0.191 e. The zero-order chi connectivity index (χ0) is 21.5. The van der Waals surface area contributed by atoms with Crippen molar-refractivity contribution in [3.05, 3.63) is 59.8 Å². The summed E-state index contributed by atoms with van der Waals surface area (Å²) in [6.07, 6.45) is 5.75. The van der Waals surface area contributed by atoms with E-state index in [-0.39, 0.29) is 29.4 Å². The lowest BCUT2D eigenvalue weighted by atomic mass is 9.64. The van der Waals surface area contributed by atoms with Gasteiger partial charge in [0.15, 0.2) is 5.96 Å². The van der Waals surface area contributed by atoms with Gasteiger partial charge in [-0.3, -0.25) is 0 Å². The fraction of sp³-hybridized carbons (Fsp3) is 0.520. The number of hydrogen-bond donors (Lipinski definition) is 2. The van der Waals surface area contributed by atoms with Crippen LogP contribution in [-0.4, -0.2) is 62.2 Å². The lowest BCUT2D eigenvalue weighted by molar-refractivity contribution is 0.244. The van der Waals surface area contributed by atoms with Gasteiger partial charge in [-0.05, 0) is 44.0 Å². The number of halogens is 1. The summed E-state index contributed by atoms with van der Waals surface area (Å²) < 4.78 is 0. The van der Waals surface area contributed by atoms with E-state index in [0.29, 0.717) is 6.54 Å². The zero-order valence-electron chi connectivity index (χ0n) is 19.4. The van der Waals surface area contributed by atoms with Gasteiger partial charge in [-0.15, -0.1) is 24.0 Å².